The van der Waals surface area contributed by atoms with Crippen LogP contribution in [0.25, 0.3) is 32.1 Å². The van der Waals surface area contributed by atoms with E-state index in [0.29, 0.717) is 18.9 Å². The Bertz CT molecular complexity index is 2160. The van der Waals surface area contributed by atoms with Crippen LogP contribution in [-0.2, 0) is 14.3 Å². The quantitative estimate of drug-likeness (QED) is 0.204. The molecule has 2 saturated heterocycles. The maximum absolute atomic E-state index is 17.1. The van der Waals surface area contributed by atoms with E-state index in [-0.39, 0.29) is 72.2 Å². The number of nitriles is 1. The number of fused-ring (bicyclic) bond motifs is 4. The van der Waals surface area contributed by atoms with Crippen molar-refractivity contribution in [2.24, 2.45) is 0 Å². The van der Waals surface area contributed by atoms with Crippen molar-refractivity contribution in [3.8, 4) is 17.2 Å². The molecule has 2 N–H and O–H groups in total. The lowest BCUT2D eigenvalue weighted by molar-refractivity contribution is -0.115. The fourth-order valence-electron chi connectivity index (χ4n) is 6.60. The van der Waals surface area contributed by atoms with Gasteiger partial charge < -0.3 is 14.4 Å². The number of nitrogens with one attached hydrogen (secondary N) is 2. The minimum Gasteiger partial charge on any atom is -0.444 e. The van der Waals surface area contributed by atoms with E-state index in [2.05, 4.69) is 20.6 Å². The number of piperazine rings is 1. The highest BCUT2D eigenvalue weighted by molar-refractivity contribution is 7.23. The number of ether oxygens (including phenoxy) is 2. The van der Waals surface area contributed by atoms with E-state index in [1.165, 1.54) is 12.1 Å². The number of benzene rings is 2. The zero-order valence-electron chi connectivity index (χ0n) is 29.7. The van der Waals surface area contributed by atoms with Crippen LogP contribution in [0.3, 0.4) is 0 Å². The molecule has 2 bridgehead atoms. The molecule has 274 valence electrons. The van der Waals surface area contributed by atoms with E-state index in [9.17, 15) is 19.6 Å². The van der Waals surface area contributed by atoms with Gasteiger partial charge in [0.15, 0.2) is 5.82 Å². The average molecular weight is 754 g/mol. The van der Waals surface area contributed by atoms with E-state index in [4.69, 9.17) is 21.1 Å². The van der Waals surface area contributed by atoms with Crippen LogP contribution in [-0.4, -0.2) is 69.3 Å². The number of thiophene rings is 1. The van der Waals surface area contributed by atoms with Crippen molar-refractivity contribution in [1.82, 2.24) is 14.9 Å². The van der Waals surface area contributed by atoms with Crippen LogP contribution < -0.4 is 15.5 Å². The summed E-state index contributed by atoms with van der Waals surface area (Å²) in [7, 11) is 0. The third-order valence-electron chi connectivity index (χ3n) is 8.61. The van der Waals surface area contributed by atoms with Crippen LogP contribution in [0.5, 0.6) is 0 Å². The second-order valence-electron chi connectivity index (χ2n) is 14.7. The Hall–Kier alpha value is -4.81. The van der Waals surface area contributed by atoms with Gasteiger partial charge in [-0.1, -0.05) is 24.6 Å². The number of carbonyl (C=O) groups is 3. The van der Waals surface area contributed by atoms with Crippen molar-refractivity contribution in [1.29, 1.82) is 5.26 Å². The van der Waals surface area contributed by atoms with E-state index < -0.39 is 40.9 Å². The zero-order valence-corrected chi connectivity index (χ0v) is 31.3. The lowest BCUT2D eigenvalue weighted by atomic mass is 9.97. The molecule has 4 aromatic rings. The van der Waals surface area contributed by atoms with Gasteiger partial charge in [0.25, 0.3) is 0 Å². The molecule has 52 heavy (non-hydrogen) atoms. The van der Waals surface area contributed by atoms with Gasteiger partial charge in [-0.3, -0.25) is 20.3 Å². The van der Waals surface area contributed by atoms with E-state index in [1.54, 1.807) is 32.6 Å². The number of halogens is 3. The van der Waals surface area contributed by atoms with Gasteiger partial charge in [-0.2, -0.15) is 10.2 Å². The smallest absolute Gasteiger partial charge is 0.412 e. The minimum absolute atomic E-state index is 0.00622. The maximum Gasteiger partial charge on any atom is 0.412 e. The first-order chi connectivity index (χ1) is 24.4. The molecule has 16 heteroatoms. The van der Waals surface area contributed by atoms with Gasteiger partial charge in [-0.15, -0.1) is 11.3 Å². The second kappa shape index (κ2) is 13.6. The second-order valence-corrected chi connectivity index (χ2v) is 16.2. The van der Waals surface area contributed by atoms with Crippen LogP contribution in [0.4, 0.5) is 35.1 Å². The Labute approximate surface area is 308 Å². The molecule has 12 nitrogen and oxygen atoms in total. The van der Waals surface area contributed by atoms with Gasteiger partial charge in [0.1, 0.15) is 39.4 Å². The molecule has 2 aliphatic heterocycles. The normalized spacial score (nSPS) is 17.3. The van der Waals surface area contributed by atoms with E-state index in [1.807, 2.05) is 31.7 Å². The number of hydrogen-bond donors (Lipinski definition) is 2. The summed E-state index contributed by atoms with van der Waals surface area (Å²) in [5, 5.41) is 15.6. The molecule has 2 unspecified atom stereocenters. The molecule has 0 aliphatic carbocycles. The lowest BCUT2D eigenvalue weighted by Crippen LogP contribution is -2.57. The molecule has 2 aromatic carbocycles. The van der Waals surface area contributed by atoms with E-state index >= 15 is 8.78 Å². The number of aromatic nitrogens is 2. The molecular formula is C36H38ClF2N7O5S. The first-order valence-corrected chi connectivity index (χ1v) is 18.0. The van der Waals surface area contributed by atoms with Gasteiger partial charge in [0.05, 0.1) is 27.4 Å². The number of carbonyl (C=O) groups excluding carboxylic acids is 3. The first kappa shape index (κ1) is 37.0. The van der Waals surface area contributed by atoms with E-state index in [0.717, 1.165) is 30.2 Å². The Morgan fingerprint density at radius 3 is 2.29 bits per heavy atom. The molecule has 4 heterocycles. The summed E-state index contributed by atoms with van der Waals surface area (Å²) < 4.78 is 43.4. The molecule has 6 rings (SSSR count). The third-order valence-corrected chi connectivity index (χ3v) is 10.0. The SMILES string of the molecule is CCC(=O)Nc1nc(N2CC3CCC(C2)N3C(=O)OC(C)(C)C)c2cc(Cl)c(-c3ccc(F)c4sc(NC(=O)OC(C)(C)C)c(C#N)c34)c(F)c2n1. The van der Waals surface area contributed by atoms with Crippen molar-refractivity contribution >= 4 is 78.8 Å². The molecule has 0 radical (unpaired) electrons. The Kier molecular flexibility index (Phi) is 9.69. The number of anilines is 3. The molecule has 0 spiro atoms. The first-order valence-electron chi connectivity index (χ1n) is 16.8. The molecular weight excluding hydrogens is 716 g/mol. The highest BCUT2D eigenvalue weighted by Crippen LogP contribution is 2.47. The Morgan fingerprint density at radius 1 is 1.04 bits per heavy atom. The van der Waals surface area contributed by atoms with Gasteiger partial charge in [-0.25, -0.2) is 23.4 Å². The van der Waals surface area contributed by atoms with Crippen molar-refractivity contribution in [3.05, 3.63) is 40.4 Å². The Balaban J connectivity index is 1.48. The summed E-state index contributed by atoms with van der Waals surface area (Å²) in [5.41, 5.74) is -1.85. The summed E-state index contributed by atoms with van der Waals surface area (Å²) >= 11 is 7.69. The van der Waals surface area contributed by atoms with Crippen molar-refractivity contribution in [3.63, 3.8) is 0 Å². The number of rotatable bonds is 5. The monoisotopic (exact) mass is 753 g/mol. The standard InChI is InChI=1S/C36H38ClF2N7O5S/c1-8-24(47)41-32-42-28-20(30(43-32)45-15-17-9-10-18(16-45)46(17)34(49)51-36(5,6)7)13-22(37)26(27(28)39)19-11-12-23(38)29-25(19)21(14-40)31(52-29)44-33(48)50-35(2,3)4/h11-13,17-18H,8-10,15-16H2,1-7H3,(H,44,48)(H,41,42,43,47). The van der Waals surface area contributed by atoms with Crippen LogP contribution >= 0.6 is 22.9 Å². The summed E-state index contributed by atoms with van der Waals surface area (Å²) in [5.74, 6) is -1.80. The maximum atomic E-state index is 17.1. The van der Waals surface area contributed by atoms with Gasteiger partial charge in [-0.05, 0) is 72.1 Å². The van der Waals surface area contributed by atoms with Crippen molar-refractivity contribution in [2.75, 3.05) is 28.6 Å². The van der Waals surface area contributed by atoms with Crippen molar-refractivity contribution < 1.29 is 32.6 Å². The van der Waals surface area contributed by atoms with Gasteiger partial charge in [0, 0.05) is 35.8 Å². The predicted molar refractivity (Wildman–Crippen MR) is 196 cm³/mol. The van der Waals surface area contributed by atoms with Gasteiger partial charge in [0.2, 0.25) is 11.9 Å². The Morgan fingerprint density at radius 2 is 1.69 bits per heavy atom. The van der Waals surface area contributed by atoms with Crippen molar-refractivity contribution in [2.45, 2.75) is 91.0 Å². The summed E-state index contributed by atoms with van der Waals surface area (Å²) in [6, 6.07) is 5.56. The number of nitrogens with zero attached hydrogens (tertiary/aromatic N) is 5. The van der Waals surface area contributed by atoms with Crippen LogP contribution in [0.2, 0.25) is 5.02 Å². The topological polar surface area (TPSA) is 150 Å². The zero-order chi connectivity index (χ0) is 37.9. The van der Waals surface area contributed by atoms with Crippen LogP contribution in [0.15, 0.2) is 18.2 Å². The molecule has 3 amide bonds. The number of hydrogen-bond acceptors (Lipinski definition) is 10. The third kappa shape index (κ3) is 7.14. The average Bonchev–Trinajstić information content (AvgIpc) is 3.54. The highest BCUT2D eigenvalue weighted by atomic mass is 35.5. The summed E-state index contributed by atoms with van der Waals surface area (Å²) in [6.45, 7) is 12.8. The summed E-state index contributed by atoms with van der Waals surface area (Å²) in [4.78, 5) is 51.0. The fourth-order valence-corrected chi connectivity index (χ4v) is 7.96. The van der Waals surface area contributed by atoms with Gasteiger partial charge >= 0.3 is 12.2 Å². The lowest BCUT2D eigenvalue weighted by Gasteiger charge is -2.42. The fraction of sp³-hybridized carbons (Fsp3) is 0.444. The minimum atomic E-state index is -0.891. The highest BCUT2D eigenvalue weighted by Gasteiger charge is 2.45. The molecule has 2 aromatic heterocycles. The summed E-state index contributed by atoms with van der Waals surface area (Å²) in [6.07, 6.45) is 0.331. The molecule has 2 aliphatic rings. The number of amides is 3. The molecule has 0 saturated carbocycles. The molecule has 2 atom stereocenters. The van der Waals surface area contributed by atoms with Crippen LogP contribution in [0.1, 0.15) is 73.3 Å². The molecule has 2 fully saturated rings. The largest absolute Gasteiger partial charge is 0.444 e. The predicted octanol–water partition coefficient (Wildman–Crippen LogP) is 8.60. The van der Waals surface area contributed by atoms with Crippen LogP contribution in [0, 0.1) is 23.0 Å².